The van der Waals surface area contributed by atoms with Crippen LogP contribution in [0.4, 0.5) is 0 Å². The number of benzene rings is 4. The minimum atomic E-state index is -0.104. The van der Waals surface area contributed by atoms with Crippen LogP contribution in [0.2, 0.25) is 0 Å². The second-order valence-electron chi connectivity index (χ2n) is 13.9. The fraction of sp³-hybridized carbons (Fsp3) is 0.360. The van der Waals surface area contributed by atoms with Crippen molar-refractivity contribution < 1.29 is 0 Å². The Kier molecular flexibility index (Phi) is 11.8. The summed E-state index contributed by atoms with van der Waals surface area (Å²) in [5.41, 5.74) is 16.1. The van der Waals surface area contributed by atoms with Crippen LogP contribution in [0.3, 0.4) is 0 Å². The van der Waals surface area contributed by atoms with Crippen molar-refractivity contribution in [3.05, 3.63) is 117 Å². The van der Waals surface area contributed by atoms with E-state index in [-0.39, 0.29) is 10.8 Å². The van der Waals surface area contributed by atoms with Gasteiger partial charge in [0.05, 0.1) is 0 Å². The van der Waals surface area contributed by atoms with Crippen molar-refractivity contribution in [3.63, 3.8) is 0 Å². The average Bonchev–Trinajstić information content (AvgIpc) is 3.51. The third-order valence-electron chi connectivity index (χ3n) is 10.1. The van der Waals surface area contributed by atoms with Crippen molar-refractivity contribution in [2.75, 3.05) is 0 Å². The van der Waals surface area contributed by atoms with Crippen LogP contribution in [0.15, 0.2) is 72.8 Å². The fourth-order valence-corrected chi connectivity index (χ4v) is 7.69. The van der Waals surface area contributed by atoms with Crippen molar-refractivity contribution in [1.29, 1.82) is 0 Å². The predicted molar refractivity (Wildman–Crippen MR) is 215 cm³/mol. The first-order chi connectivity index (χ1) is 24.2. The van der Waals surface area contributed by atoms with Crippen molar-refractivity contribution in [1.82, 2.24) is 0 Å². The number of hydrogen-bond acceptors (Lipinski definition) is 0. The number of fused-ring (bicyclic) bond motifs is 6. The topological polar surface area (TPSA) is 0 Å². The molecule has 0 saturated carbocycles. The summed E-state index contributed by atoms with van der Waals surface area (Å²) in [6.07, 6.45) is 6.96. The van der Waals surface area contributed by atoms with Gasteiger partial charge in [-0.25, -0.2) is 0 Å². The molecule has 0 N–H and O–H groups in total. The van der Waals surface area contributed by atoms with E-state index in [9.17, 15) is 0 Å². The highest BCUT2D eigenvalue weighted by atomic mass is 14.4. The molecule has 0 atom stereocenters. The van der Waals surface area contributed by atoms with Gasteiger partial charge < -0.3 is 0 Å². The summed E-state index contributed by atoms with van der Waals surface area (Å²) < 4.78 is 0. The molecule has 0 aliphatic heterocycles. The standard InChI is InChI=1S/2C25H26/c2*1-5-7-9-15-25(16-10-8-6-2)23-17-19(3)11-13-21(23)22-14-12-20(4)18-24(22)25/h2*11-14,17-18H,5-6,15-16H2,1-4H3. The highest BCUT2D eigenvalue weighted by molar-refractivity contribution is 5.83. The van der Waals surface area contributed by atoms with Crippen LogP contribution < -0.4 is 0 Å². The van der Waals surface area contributed by atoms with E-state index >= 15 is 0 Å². The molecule has 0 aromatic heterocycles. The van der Waals surface area contributed by atoms with Crippen molar-refractivity contribution in [2.45, 2.75) is 118 Å². The molecule has 0 bridgehead atoms. The van der Waals surface area contributed by atoms with E-state index < -0.39 is 0 Å². The lowest BCUT2D eigenvalue weighted by Crippen LogP contribution is -2.24. The van der Waals surface area contributed by atoms with Gasteiger partial charge in [0.25, 0.3) is 0 Å². The molecular weight excluding hydrogens is 601 g/mol. The summed E-state index contributed by atoms with van der Waals surface area (Å²) >= 11 is 0. The van der Waals surface area contributed by atoms with Gasteiger partial charge in [-0.1, -0.05) is 123 Å². The molecule has 252 valence electrons. The van der Waals surface area contributed by atoms with Gasteiger partial charge in [0.15, 0.2) is 0 Å². The maximum atomic E-state index is 3.45. The molecule has 0 nitrogen and oxygen atoms in total. The molecule has 0 heteroatoms. The Morgan fingerprint density at radius 3 is 0.760 bits per heavy atom. The molecule has 6 rings (SSSR count). The Hall–Kier alpha value is -4.88. The van der Waals surface area contributed by atoms with Crippen LogP contribution in [0.5, 0.6) is 0 Å². The third kappa shape index (κ3) is 7.19. The van der Waals surface area contributed by atoms with Gasteiger partial charge in [0, 0.05) is 62.2 Å². The normalized spacial score (nSPS) is 13.1. The zero-order valence-electron chi connectivity index (χ0n) is 31.6. The summed E-state index contributed by atoms with van der Waals surface area (Å²) in [6.45, 7) is 17.2. The summed E-state index contributed by atoms with van der Waals surface area (Å²) in [7, 11) is 0. The summed E-state index contributed by atoms with van der Waals surface area (Å²) in [5.74, 6) is 26.9. The molecule has 2 aliphatic carbocycles. The molecule has 4 aromatic rings. The molecule has 0 radical (unpaired) electrons. The van der Waals surface area contributed by atoms with E-state index in [1.54, 1.807) is 0 Å². The van der Waals surface area contributed by atoms with Gasteiger partial charge >= 0.3 is 0 Å². The monoisotopic (exact) mass is 652 g/mol. The molecule has 0 spiro atoms. The van der Waals surface area contributed by atoms with Gasteiger partial charge in [-0.3, -0.25) is 0 Å². The number of hydrogen-bond donors (Lipinski definition) is 0. The SMILES string of the molecule is CCC#CCC1(CC#CCC)c2cc(C)ccc2-c2ccc(C)cc21.CCC#CCC1(CC#CCC)c2cc(C)ccc2-c2ccc(C)cc21. The predicted octanol–water partition coefficient (Wildman–Crippen LogP) is 12.4. The van der Waals surface area contributed by atoms with E-state index in [1.165, 1.54) is 66.8 Å². The highest BCUT2D eigenvalue weighted by Crippen LogP contribution is 2.54. The van der Waals surface area contributed by atoms with Gasteiger partial charge in [0.1, 0.15) is 0 Å². The first kappa shape index (κ1) is 36.4. The van der Waals surface area contributed by atoms with Crippen molar-refractivity contribution >= 4 is 0 Å². The molecule has 0 amide bonds. The fourth-order valence-electron chi connectivity index (χ4n) is 7.69. The molecule has 0 saturated heterocycles. The van der Waals surface area contributed by atoms with Crippen LogP contribution in [0.25, 0.3) is 22.3 Å². The van der Waals surface area contributed by atoms with Crippen LogP contribution >= 0.6 is 0 Å². The average molecular weight is 653 g/mol. The molecule has 0 heterocycles. The van der Waals surface area contributed by atoms with E-state index in [2.05, 4.69) is 176 Å². The van der Waals surface area contributed by atoms with Crippen LogP contribution in [0.1, 0.15) is 124 Å². The zero-order chi connectivity index (χ0) is 35.7. The zero-order valence-corrected chi connectivity index (χ0v) is 31.6. The highest BCUT2D eigenvalue weighted by Gasteiger charge is 2.43. The second kappa shape index (κ2) is 16.2. The molecule has 2 aliphatic rings. The Morgan fingerprint density at radius 2 is 0.560 bits per heavy atom. The molecule has 4 aromatic carbocycles. The molecule has 0 unspecified atom stereocenters. The van der Waals surface area contributed by atoms with Crippen molar-refractivity contribution in [2.24, 2.45) is 0 Å². The van der Waals surface area contributed by atoms with Crippen LogP contribution in [0, 0.1) is 75.1 Å². The number of rotatable bonds is 4. The second-order valence-corrected chi connectivity index (χ2v) is 13.9. The summed E-state index contributed by atoms with van der Waals surface area (Å²) in [4.78, 5) is 0. The summed E-state index contributed by atoms with van der Waals surface area (Å²) in [5, 5.41) is 0. The van der Waals surface area contributed by atoms with E-state index in [0.29, 0.717) is 0 Å². The largest absolute Gasteiger partial charge is 0.104 e. The third-order valence-corrected chi connectivity index (χ3v) is 10.1. The van der Waals surface area contributed by atoms with Crippen LogP contribution in [-0.4, -0.2) is 0 Å². The Bertz CT molecular complexity index is 1810. The lowest BCUT2D eigenvalue weighted by atomic mass is 9.72. The minimum Gasteiger partial charge on any atom is -0.104 e. The lowest BCUT2D eigenvalue weighted by molar-refractivity contribution is 0.558. The quantitative estimate of drug-likeness (QED) is 0.192. The van der Waals surface area contributed by atoms with Gasteiger partial charge in [-0.05, 0) is 72.2 Å². The van der Waals surface area contributed by atoms with E-state index in [4.69, 9.17) is 0 Å². The molecular formula is C50H52. The van der Waals surface area contributed by atoms with Gasteiger partial charge in [-0.15, -0.1) is 47.4 Å². The minimum absolute atomic E-state index is 0.104. The lowest BCUT2D eigenvalue weighted by Gasteiger charge is -2.29. The van der Waals surface area contributed by atoms with Gasteiger partial charge in [-0.2, -0.15) is 0 Å². The first-order valence-electron chi connectivity index (χ1n) is 18.5. The molecule has 50 heavy (non-hydrogen) atoms. The number of aryl methyl sites for hydroxylation is 4. The Labute approximate surface area is 303 Å². The van der Waals surface area contributed by atoms with E-state index in [1.807, 2.05) is 0 Å². The van der Waals surface area contributed by atoms with Crippen molar-refractivity contribution in [3.8, 4) is 69.6 Å². The molecule has 0 fully saturated rings. The smallest absolute Gasteiger partial charge is 0.0433 e. The summed E-state index contributed by atoms with van der Waals surface area (Å²) in [6, 6.07) is 27.4. The maximum Gasteiger partial charge on any atom is 0.0433 e. The Balaban J connectivity index is 0.000000194. The van der Waals surface area contributed by atoms with E-state index in [0.717, 1.165) is 51.4 Å². The van der Waals surface area contributed by atoms with Crippen LogP contribution in [-0.2, 0) is 10.8 Å². The first-order valence-corrected chi connectivity index (χ1v) is 18.5. The van der Waals surface area contributed by atoms with Gasteiger partial charge in [0.2, 0.25) is 0 Å². The maximum absolute atomic E-state index is 3.45. The Morgan fingerprint density at radius 1 is 0.340 bits per heavy atom.